The van der Waals surface area contributed by atoms with E-state index in [2.05, 4.69) is 4.74 Å². The van der Waals surface area contributed by atoms with Crippen LogP contribution in [-0.4, -0.2) is 18.0 Å². The van der Waals surface area contributed by atoms with Crippen LogP contribution in [0.5, 0.6) is 11.5 Å². The fourth-order valence-electron chi connectivity index (χ4n) is 1.32. The molecule has 0 heterocycles. The average molecular weight is 307 g/mol. The zero-order chi connectivity index (χ0) is 15.4. The van der Waals surface area contributed by atoms with Crippen LogP contribution in [0, 0.1) is 5.41 Å². The number of ether oxygens (including phenoxy) is 2. The maximum Gasteiger partial charge on any atom is 0.573 e. The van der Waals surface area contributed by atoms with Crippen LogP contribution < -0.4 is 15.2 Å². The summed E-state index contributed by atoms with van der Waals surface area (Å²) in [7, 11) is 0. The summed E-state index contributed by atoms with van der Waals surface area (Å²) in [6.07, 6.45) is -4.26. The highest BCUT2D eigenvalue weighted by Gasteiger charge is 2.32. The van der Waals surface area contributed by atoms with Crippen molar-refractivity contribution in [2.45, 2.75) is 26.6 Å². The molecule has 0 saturated heterocycles. The minimum Gasteiger partial charge on any atom is -0.490 e. The molecule has 0 unspecified atom stereocenters. The Labute approximate surface area is 120 Å². The van der Waals surface area contributed by atoms with Gasteiger partial charge in [0.25, 0.3) is 0 Å². The van der Waals surface area contributed by atoms with Crippen molar-refractivity contribution in [3.8, 4) is 11.5 Å². The van der Waals surface area contributed by atoms with Crippen molar-refractivity contribution in [3.05, 3.63) is 24.3 Å². The molecule has 0 aliphatic heterocycles. The highest BCUT2D eigenvalue weighted by Crippen LogP contribution is 2.32. The van der Waals surface area contributed by atoms with E-state index in [4.69, 9.17) is 22.7 Å². The van der Waals surface area contributed by atoms with E-state index in [1.165, 1.54) is 18.2 Å². The van der Waals surface area contributed by atoms with E-state index in [0.717, 1.165) is 0 Å². The second-order valence-electron chi connectivity index (χ2n) is 4.84. The maximum absolute atomic E-state index is 12.2. The minimum atomic E-state index is -4.75. The number of thiocarbonyl (C=S) groups is 1. The van der Waals surface area contributed by atoms with Crippen molar-refractivity contribution in [1.82, 2.24) is 0 Å². The molecular weight excluding hydrogens is 291 g/mol. The molecular formula is C13H16F3NO2S. The minimum absolute atomic E-state index is 0.0311. The van der Waals surface area contributed by atoms with Crippen LogP contribution in [0.25, 0.3) is 0 Å². The molecule has 1 aromatic carbocycles. The highest BCUT2D eigenvalue weighted by molar-refractivity contribution is 7.80. The molecule has 0 spiro atoms. The molecule has 0 atom stereocenters. The highest BCUT2D eigenvalue weighted by atomic mass is 32.1. The lowest BCUT2D eigenvalue weighted by Gasteiger charge is -2.23. The first kappa shape index (κ1) is 16.6. The molecule has 1 rings (SSSR count). The number of alkyl halides is 3. The zero-order valence-electron chi connectivity index (χ0n) is 11.2. The van der Waals surface area contributed by atoms with Gasteiger partial charge in [0.1, 0.15) is 0 Å². The average Bonchev–Trinajstić information content (AvgIpc) is 2.29. The third-order valence-electron chi connectivity index (χ3n) is 2.73. The summed E-state index contributed by atoms with van der Waals surface area (Å²) in [4.78, 5) is 0.334. The summed E-state index contributed by atoms with van der Waals surface area (Å²) >= 11 is 4.91. The first-order chi connectivity index (χ1) is 9.12. The molecule has 0 aliphatic rings. The fourth-order valence-corrected chi connectivity index (χ4v) is 1.42. The van der Waals surface area contributed by atoms with Crippen molar-refractivity contribution in [2.75, 3.05) is 6.61 Å². The third kappa shape index (κ3) is 5.24. The first-order valence-electron chi connectivity index (χ1n) is 5.89. The largest absolute Gasteiger partial charge is 0.573 e. The van der Waals surface area contributed by atoms with Crippen LogP contribution in [0.4, 0.5) is 13.2 Å². The van der Waals surface area contributed by atoms with Gasteiger partial charge in [-0.2, -0.15) is 0 Å². The Bertz CT molecular complexity index is 475. The van der Waals surface area contributed by atoms with Crippen molar-refractivity contribution < 1.29 is 22.6 Å². The molecule has 0 aliphatic carbocycles. The smallest absolute Gasteiger partial charge is 0.490 e. The lowest BCUT2D eigenvalue weighted by Crippen LogP contribution is -2.31. The molecule has 112 valence electrons. The van der Waals surface area contributed by atoms with E-state index < -0.39 is 11.8 Å². The Morgan fingerprint density at radius 2 is 1.75 bits per heavy atom. The van der Waals surface area contributed by atoms with Gasteiger partial charge in [-0.15, -0.1) is 13.2 Å². The Hall–Kier alpha value is -1.50. The van der Waals surface area contributed by atoms with Gasteiger partial charge in [-0.1, -0.05) is 38.2 Å². The quantitative estimate of drug-likeness (QED) is 0.815. The molecule has 1 aromatic rings. The second kappa shape index (κ2) is 6.30. The molecule has 7 heteroatoms. The van der Waals surface area contributed by atoms with Gasteiger partial charge in [0, 0.05) is 5.41 Å². The van der Waals surface area contributed by atoms with Gasteiger partial charge in [-0.25, -0.2) is 0 Å². The van der Waals surface area contributed by atoms with Crippen molar-refractivity contribution in [3.63, 3.8) is 0 Å². The number of para-hydroxylation sites is 2. The van der Waals surface area contributed by atoms with Crippen LogP contribution in [0.15, 0.2) is 24.3 Å². The van der Waals surface area contributed by atoms with E-state index in [9.17, 15) is 13.2 Å². The summed E-state index contributed by atoms with van der Waals surface area (Å²) in [6.45, 7) is 3.87. The number of halogens is 3. The lowest BCUT2D eigenvalue weighted by molar-refractivity contribution is -0.275. The van der Waals surface area contributed by atoms with Gasteiger partial charge >= 0.3 is 6.36 Å². The van der Waals surface area contributed by atoms with Gasteiger partial charge < -0.3 is 15.2 Å². The zero-order valence-corrected chi connectivity index (χ0v) is 12.0. The summed E-state index contributed by atoms with van der Waals surface area (Å²) < 4.78 is 45.9. The van der Waals surface area contributed by atoms with E-state index in [0.29, 0.717) is 11.4 Å². The van der Waals surface area contributed by atoms with Crippen molar-refractivity contribution in [2.24, 2.45) is 11.1 Å². The molecule has 2 N–H and O–H groups in total. The topological polar surface area (TPSA) is 44.5 Å². The second-order valence-corrected chi connectivity index (χ2v) is 5.28. The molecule has 0 saturated carbocycles. The molecule has 0 bridgehead atoms. The van der Waals surface area contributed by atoms with E-state index >= 15 is 0 Å². The summed E-state index contributed by atoms with van der Waals surface area (Å²) in [5.74, 6) is -0.336. The predicted molar refractivity (Wildman–Crippen MR) is 73.8 cm³/mol. The summed E-state index contributed by atoms with van der Waals surface area (Å²) in [5.41, 5.74) is 5.14. The van der Waals surface area contributed by atoms with Gasteiger partial charge in [-0.3, -0.25) is 0 Å². The molecule has 3 nitrogen and oxygen atoms in total. The standard InChI is InChI=1S/C13H16F3NO2S/c1-12(2,11(17)20)7-8-18-9-5-3-4-6-10(9)19-13(14,15)16/h3-6H,7-8H2,1-2H3,(H2,17,20). The molecule has 0 amide bonds. The Balaban J connectivity index is 2.67. The fraction of sp³-hybridized carbons (Fsp3) is 0.462. The van der Waals surface area contributed by atoms with Crippen LogP contribution in [0.3, 0.4) is 0 Å². The van der Waals surface area contributed by atoms with Crippen molar-refractivity contribution >= 4 is 17.2 Å². The molecule has 0 radical (unpaired) electrons. The number of hydrogen-bond acceptors (Lipinski definition) is 3. The normalized spacial score (nSPS) is 12.1. The lowest BCUT2D eigenvalue weighted by atomic mass is 9.90. The van der Waals surface area contributed by atoms with Crippen LogP contribution in [-0.2, 0) is 0 Å². The SMILES string of the molecule is CC(C)(CCOc1ccccc1OC(F)(F)F)C(N)=S. The Kier molecular flexibility index (Phi) is 5.21. The van der Waals surface area contributed by atoms with Gasteiger partial charge in [0.05, 0.1) is 11.6 Å². The Morgan fingerprint density at radius 3 is 2.25 bits per heavy atom. The van der Waals surface area contributed by atoms with E-state index in [-0.39, 0.29) is 18.1 Å². The van der Waals surface area contributed by atoms with Crippen LogP contribution in [0.1, 0.15) is 20.3 Å². The van der Waals surface area contributed by atoms with E-state index in [1.807, 2.05) is 13.8 Å². The van der Waals surface area contributed by atoms with Gasteiger partial charge in [0.15, 0.2) is 11.5 Å². The van der Waals surface area contributed by atoms with Gasteiger partial charge in [0.2, 0.25) is 0 Å². The maximum atomic E-state index is 12.2. The van der Waals surface area contributed by atoms with Gasteiger partial charge in [-0.05, 0) is 18.6 Å². The monoisotopic (exact) mass is 307 g/mol. The summed E-state index contributed by atoms with van der Waals surface area (Å²) in [5, 5.41) is 0. The Morgan fingerprint density at radius 1 is 1.20 bits per heavy atom. The van der Waals surface area contributed by atoms with Crippen LogP contribution >= 0.6 is 12.2 Å². The number of benzene rings is 1. The van der Waals surface area contributed by atoms with E-state index in [1.54, 1.807) is 6.07 Å². The number of rotatable bonds is 6. The number of hydrogen-bond donors (Lipinski definition) is 1. The third-order valence-corrected chi connectivity index (χ3v) is 3.28. The summed E-state index contributed by atoms with van der Waals surface area (Å²) in [6, 6.07) is 5.61. The number of nitrogens with two attached hydrogens (primary N) is 1. The van der Waals surface area contributed by atoms with Crippen LogP contribution in [0.2, 0.25) is 0 Å². The predicted octanol–water partition coefficient (Wildman–Crippen LogP) is 3.67. The molecule has 0 fully saturated rings. The first-order valence-corrected chi connectivity index (χ1v) is 6.30. The molecule has 20 heavy (non-hydrogen) atoms. The molecule has 0 aromatic heterocycles. The van der Waals surface area contributed by atoms with Crippen molar-refractivity contribution in [1.29, 1.82) is 0 Å².